The number of aliphatic hydroxyl groups is 1. The molecular weight excluding hydrogens is 360 g/mol. The molecule has 2 fully saturated rings. The summed E-state index contributed by atoms with van der Waals surface area (Å²) in [5, 5.41) is 17.0. The van der Waals surface area contributed by atoms with Gasteiger partial charge < -0.3 is 20.5 Å². The predicted octanol–water partition coefficient (Wildman–Crippen LogP) is 3.87. The quantitative estimate of drug-likeness (QED) is 0.650. The summed E-state index contributed by atoms with van der Waals surface area (Å²) in [6, 6.07) is 7.77. The third kappa shape index (κ3) is 4.08. The standard InChI is InChI=1S/C25H40N2O2/c1-16(2)27-14-18(28)15-29-19-6-8-20-17(13-19)5-7-22-21(20)11-12-25(3)23(22)9-10-24(25)26-4/h6,8,13,16,18,21-24,26-28H,5,7,9-12,14-15H2,1-4H3/t18?,21-,22-,23+,24?,25+/m1/s1. The molecule has 2 saturated carbocycles. The van der Waals surface area contributed by atoms with E-state index in [0.29, 0.717) is 30.7 Å². The number of hydrogen-bond donors (Lipinski definition) is 3. The summed E-state index contributed by atoms with van der Waals surface area (Å²) in [5.41, 5.74) is 3.53. The van der Waals surface area contributed by atoms with E-state index in [0.717, 1.165) is 23.5 Å². The van der Waals surface area contributed by atoms with E-state index in [4.69, 9.17) is 4.74 Å². The van der Waals surface area contributed by atoms with Crippen molar-refractivity contribution in [1.82, 2.24) is 10.6 Å². The number of rotatable bonds is 7. The molecule has 2 unspecified atom stereocenters. The summed E-state index contributed by atoms with van der Waals surface area (Å²) in [6.45, 7) is 7.63. The Labute approximate surface area is 176 Å². The lowest BCUT2D eigenvalue weighted by Gasteiger charge is -2.51. The largest absolute Gasteiger partial charge is 0.491 e. The minimum atomic E-state index is -0.476. The molecule has 1 aromatic rings. The number of aryl methyl sites for hydroxylation is 1. The molecule has 1 aromatic carbocycles. The Kier molecular flexibility index (Phi) is 6.24. The van der Waals surface area contributed by atoms with Crippen LogP contribution < -0.4 is 15.4 Å². The summed E-state index contributed by atoms with van der Waals surface area (Å²) in [5.74, 6) is 3.34. The highest BCUT2D eigenvalue weighted by atomic mass is 16.5. The number of benzene rings is 1. The van der Waals surface area contributed by atoms with E-state index in [9.17, 15) is 5.11 Å². The molecule has 0 aliphatic heterocycles. The average Bonchev–Trinajstić information content (AvgIpc) is 3.06. The second kappa shape index (κ2) is 8.56. The van der Waals surface area contributed by atoms with E-state index in [1.165, 1.54) is 44.1 Å². The molecule has 4 heteroatoms. The first-order valence-corrected chi connectivity index (χ1v) is 11.8. The van der Waals surface area contributed by atoms with Gasteiger partial charge >= 0.3 is 0 Å². The van der Waals surface area contributed by atoms with E-state index >= 15 is 0 Å². The normalized spacial score (nSPS) is 34.4. The summed E-state index contributed by atoms with van der Waals surface area (Å²) in [4.78, 5) is 0. The van der Waals surface area contributed by atoms with E-state index in [-0.39, 0.29) is 0 Å². The van der Waals surface area contributed by atoms with E-state index in [1.54, 1.807) is 5.56 Å². The van der Waals surface area contributed by atoms with Gasteiger partial charge in [0, 0.05) is 18.6 Å². The zero-order chi connectivity index (χ0) is 20.6. The van der Waals surface area contributed by atoms with Gasteiger partial charge in [0.05, 0.1) is 0 Å². The highest BCUT2D eigenvalue weighted by Gasteiger charge is 2.54. The fraction of sp³-hybridized carbons (Fsp3) is 0.760. The summed E-state index contributed by atoms with van der Waals surface area (Å²) >= 11 is 0. The van der Waals surface area contributed by atoms with Crippen molar-refractivity contribution < 1.29 is 9.84 Å². The van der Waals surface area contributed by atoms with Crippen LogP contribution in [-0.2, 0) is 6.42 Å². The summed E-state index contributed by atoms with van der Waals surface area (Å²) in [7, 11) is 2.15. The zero-order valence-corrected chi connectivity index (χ0v) is 18.7. The van der Waals surface area contributed by atoms with Gasteiger partial charge in [-0.15, -0.1) is 0 Å². The first kappa shape index (κ1) is 21.1. The van der Waals surface area contributed by atoms with Gasteiger partial charge in [0.1, 0.15) is 18.5 Å². The second-order valence-electron chi connectivity index (χ2n) is 10.3. The number of nitrogens with one attached hydrogen (secondary N) is 2. The van der Waals surface area contributed by atoms with Gasteiger partial charge in [0.2, 0.25) is 0 Å². The third-order valence-corrected chi connectivity index (χ3v) is 8.25. The topological polar surface area (TPSA) is 53.5 Å². The summed E-state index contributed by atoms with van der Waals surface area (Å²) < 4.78 is 5.92. The maximum atomic E-state index is 10.1. The van der Waals surface area contributed by atoms with Crippen LogP contribution >= 0.6 is 0 Å². The van der Waals surface area contributed by atoms with Gasteiger partial charge in [-0.25, -0.2) is 0 Å². The maximum Gasteiger partial charge on any atom is 0.119 e. The molecule has 4 rings (SSSR count). The van der Waals surface area contributed by atoms with Gasteiger partial charge in [0.25, 0.3) is 0 Å². The lowest BCUT2D eigenvalue weighted by Crippen LogP contribution is -2.47. The average molecular weight is 401 g/mol. The molecule has 3 N–H and O–H groups in total. The lowest BCUT2D eigenvalue weighted by molar-refractivity contribution is 0.0429. The van der Waals surface area contributed by atoms with Gasteiger partial charge in [-0.2, -0.15) is 0 Å². The Morgan fingerprint density at radius 2 is 2.03 bits per heavy atom. The van der Waals surface area contributed by atoms with Crippen molar-refractivity contribution in [2.24, 2.45) is 17.3 Å². The van der Waals surface area contributed by atoms with Crippen LogP contribution in [0.15, 0.2) is 18.2 Å². The zero-order valence-electron chi connectivity index (χ0n) is 18.7. The van der Waals surface area contributed by atoms with E-state index < -0.39 is 6.10 Å². The van der Waals surface area contributed by atoms with Crippen molar-refractivity contribution in [3.63, 3.8) is 0 Å². The van der Waals surface area contributed by atoms with E-state index in [2.05, 4.69) is 56.7 Å². The number of aliphatic hydroxyl groups excluding tert-OH is 1. The van der Waals surface area contributed by atoms with Crippen LogP contribution in [0.2, 0.25) is 0 Å². The smallest absolute Gasteiger partial charge is 0.119 e. The number of ether oxygens (including phenoxy) is 1. The molecule has 6 atom stereocenters. The third-order valence-electron chi connectivity index (χ3n) is 8.25. The van der Waals surface area contributed by atoms with Gasteiger partial charge in [-0.3, -0.25) is 0 Å². The lowest BCUT2D eigenvalue weighted by atomic mass is 9.55. The highest BCUT2D eigenvalue weighted by molar-refractivity contribution is 5.40. The van der Waals surface area contributed by atoms with Crippen LogP contribution in [0.25, 0.3) is 0 Å². The molecule has 0 spiro atoms. The first-order chi connectivity index (χ1) is 13.9. The van der Waals surface area contributed by atoms with Crippen LogP contribution in [-0.4, -0.2) is 43.5 Å². The first-order valence-electron chi connectivity index (χ1n) is 11.8. The van der Waals surface area contributed by atoms with Crippen molar-refractivity contribution in [2.75, 3.05) is 20.2 Å². The van der Waals surface area contributed by atoms with Crippen LogP contribution in [0, 0.1) is 17.3 Å². The molecular formula is C25H40N2O2. The monoisotopic (exact) mass is 400 g/mol. The fourth-order valence-electron chi connectivity index (χ4n) is 6.75. The summed E-state index contributed by atoms with van der Waals surface area (Å²) in [6.07, 6.45) is 7.41. The number of fused-ring (bicyclic) bond motifs is 5. The molecule has 4 nitrogen and oxygen atoms in total. The minimum Gasteiger partial charge on any atom is -0.491 e. The molecule has 0 heterocycles. The molecule has 0 amide bonds. The molecule has 0 bridgehead atoms. The molecule has 29 heavy (non-hydrogen) atoms. The molecule has 0 radical (unpaired) electrons. The Balaban J connectivity index is 1.42. The van der Waals surface area contributed by atoms with Crippen molar-refractivity contribution >= 4 is 0 Å². The molecule has 3 aliphatic carbocycles. The van der Waals surface area contributed by atoms with Gasteiger partial charge in [0.15, 0.2) is 0 Å². The number of hydrogen-bond acceptors (Lipinski definition) is 4. The fourth-order valence-corrected chi connectivity index (χ4v) is 6.75. The molecule has 0 aromatic heterocycles. The van der Waals surface area contributed by atoms with Crippen LogP contribution in [0.1, 0.15) is 69.9 Å². The molecule has 162 valence electrons. The minimum absolute atomic E-state index is 0.344. The van der Waals surface area contributed by atoms with Crippen LogP contribution in [0.3, 0.4) is 0 Å². The van der Waals surface area contributed by atoms with Crippen LogP contribution in [0.4, 0.5) is 0 Å². The van der Waals surface area contributed by atoms with Gasteiger partial charge in [-0.05, 0) is 92.0 Å². The van der Waals surface area contributed by atoms with Gasteiger partial charge in [-0.1, -0.05) is 26.8 Å². The van der Waals surface area contributed by atoms with Crippen LogP contribution in [0.5, 0.6) is 5.75 Å². The Bertz CT molecular complexity index is 706. The van der Waals surface area contributed by atoms with E-state index in [1.807, 2.05) is 0 Å². The second-order valence-corrected chi connectivity index (χ2v) is 10.3. The Hall–Kier alpha value is -1.10. The molecule has 0 saturated heterocycles. The highest BCUT2D eigenvalue weighted by Crippen LogP contribution is 2.60. The SMILES string of the molecule is CNC1CC[C@H]2[C@@H]3CCc4cc(OCC(O)CNC(C)C)ccc4[C@H]3CC[C@]12C. The van der Waals surface area contributed by atoms with Crippen molar-refractivity contribution in [2.45, 2.75) is 83.4 Å². The predicted molar refractivity (Wildman–Crippen MR) is 119 cm³/mol. The van der Waals surface area contributed by atoms with Crippen molar-refractivity contribution in [1.29, 1.82) is 0 Å². The van der Waals surface area contributed by atoms with Crippen molar-refractivity contribution in [3.8, 4) is 5.75 Å². The maximum absolute atomic E-state index is 10.1. The Morgan fingerprint density at radius 3 is 2.79 bits per heavy atom. The molecule has 3 aliphatic rings. The Morgan fingerprint density at radius 1 is 1.21 bits per heavy atom. The van der Waals surface area contributed by atoms with Crippen molar-refractivity contribution in [3.05, 3.63) is 29.3 Å².